The number of hydrogen-bond acceptors (Lipinski definition) is 1. The highest BCUT2D eigenvalue weighted by Gasteiger charge is 2.40. The quantitative estimate of drug-likeness (QED) is 0.359. The van der Waals surface area contributed by atoms with E-state index in [1.807, 2.05) is 0 Å². The molecule has 1 aromatic rings. The average Bonchev–Trinajstić information content (AvgIpc) is 2.63. The third kappa shape index (κ3) is 5.05. The third-order valence-electron chi connectivity index (χ3n) is 6.49. The van der Waals surface area contributed by atoms with Crippen molar-refractivity contribution in [3.8, 4) is 0 Å². The van der Waals surface area contributed by atoms with Gasteiger partial charge in [0.05, 0.1) is 6.10 Å². The Labute approximate surface area is 163 Å². The predicted molar refractivity (Wildman–Crippen MR) is 98.0 cm³/mol. The van der Waals surface area contributed by atoms with Gasteiger partial charge in [-0.25, -0.2) is 8.78 Å². The molecule has 2 fully saturated rings. The molecule has 0 aromatic heterocycles. The van der Waals surface area contributed by atoms with E-state index < -0.39 is 23.4 Å². The SMILES string of the molecule is CCCCCOC1CCC2CC(c3cc(F)c(C(F)(F)F)c(F)c3)CCC2C1. The third-order valence-corrected chi connectivity index (χ3v) is 6.49. The summed E-state index contributed by atoms with van der Waals surface area (Å²) in [7, 11) is 0. The van der Waals surface area contributed by atoms with Gasteiger partial charge in [-0.3, -0.25) is 0 Å². The molecule has 158 valence electrons. The van der Waals surface area contributed by atoms with Crippen LogP contribution in [0.3, 0.4) is 0 Å². The fourth-order valence-electron chi connectivity index (χ4n) is 5.00. The monoisotopic (exact) mass is 404 g/mol. The van der Waals surface area contributed by atoms with E-state index in [4.69, 9.17) is 4.74 Å². The lowest BCUT2D eigenvalue weighted by Gasteiger charge is -2.42. The highest BCUT2D eigenvalue weighted by molar-refractivity contribution is 5.31. The summed E-state index contributed by atoms with van der Waals surface area (Å²) in [5, 5.41) is 0. The maximum absolute atomic E-state index is 13.9. The Hall–Kier alpha value is -1.17. The minimum atomic E-state index is -5.01. The molecule has 6 heteroatoms. The lowest BCUT2D eigenvalue weighted by atomic mass is 9.65. The van der Waals surface area contributed by atoms with Gasteiger partial charge in [0.2, 0.25) is 0 Å². The van der Waals surface area contributed by atoms with Crippen molar-refractivity contribution in [2.24, 2.45) is 11.8 Å². The van der Waals surface area contributed by atoms with E-state index in [1.165, 1.54) is 12.8 Å². The summed E-state index contributed by atoms with van der Waals surface area (Å²) in [6.45, 7) is 2.97. The standard InChI is InChI=1S/C22H29F5O/c1-2-3-4-9-28-18-8-7-14-10-15(5-6-16(14)11-18)17-12-19(23)21(20(24)13-17)22(25,26)27/h12-16,18H,2-11H2,1H3. The van der Waals surface area contributed by atoms with E-state index >= 15 is 0 Å². The number of alkyl halides is 3. The molecule has 0 amide bonds. The molecule has 0 radical (unpaired) electrons. The van der Waals surface area contributed by atoms with Gasteiger partial charge < -0.3 is 4.74 Å². The van der Waals surface area contributed by atoms with Crippen LogP contribution in [0.25, 0.3) is 0 Å². The van der Waals surface area contributed by atoms with Crippen LogP contribution in [0.2, 0.25) is 0 Å². The number of ether oxygens (including phenoxy) is 1. The van der Waals surface area contributed by atoms with E-state index in [-0.39, 0.29) is 5.92 Å². The van der Waals surface area contributed by atoms with E-state index in [0.29, 0.717) is 23.5 Å². The number of benzene rings is 1. The lowest BCUT2D eigenvalue weighted by molar-refractivity contribution is -0.142. The van der Waals surface area contributed by atoms with Gasteiger partial charge in [-0.15, -0.1) is 0 Å². The summed E-state index contributed by atoms with van der Waals surface area (Å²) < 4.78 is 72.2. The van der Waals surface area contributed by atoms with Crippen molar-refractivity contribution in [3.63, 3.8) is 0 Å². The maximum Gasteiger partial charge on any atom is 0.422 e. The predicted octanol–water partition coefficient (Wildman–Crippen LogP) is 7.24. The first kappa shape index (κ1) is 21.5. The second-order valence-electron chi connectivity index (χ2n) is 8.40. The first-order valence-corrected chi connectivity index (χ1v) is 10.5. The number of fused-ring (bicyclic) bond motifs is 1. The van der Waals surface area contributed by atoms with Gasteiger partial charge in [-0.05, 0) is 80.4 Å². The Kier molecular flexibility index (Phi) is 7.00. The van der Waals surface area contributed by atoms with Crippen LogP contribution in [0.5, 0.6) is 0 Å². The van der Waals surface area contributed by atoms with Gasteiger partial charge in [-0.1, -0.05) is 19.8 Å². The molecule has 0 saturated heterocycles. The zero-order chi connectivity index (χ0) is 20.3. The first-order valence-electron chi connectivity index (χ1n) is 10.5. The number of rotatable bonds is 6. The fraction of sp³-hybridized carbons (Fsp3) is 0.727. The lowest BCUT2D eigenvalue weighted by Crippen LogP contribution is -2.34. The maximum atomic E-state index is 13.9. The Morgan fingerprint density at radius 2 is 1.57 bits per heavy atom. The Bertz CT molecular complexity index is 634. The number of halogens is 5. The average molecular weight is 404 g/mol. The van der Waals surface area contributed by atoms with Crippen LogP contribution < -0.4 is 0 Å². The van der Waals surface area contributed by atoms with Gasteiger partial charge in [-0.2, -0.15) is 13.2 Å². The van der Waals surface area contributed by atoms with Crippen molar-refractivity contribution >= 4 is 0 Å². The van der Waals surface area contributed by atoms with E-state index in [1.54, 1.807) is 0 Å². The molecule has 28 heavy (non-hydrogen) atoms. The second kappa shape index (κ2) is 9.10. The van der Waals surface area contributed by atoms with E-state index in [2.05, 4.69) is 6.92 Å². The molecule has 4 atom stereocenters. The van der Waals surface area contributed by atoms with Crippen molar-refractivity contribution in [2.75, 3.05) is 6.61 Å². The second-order valence-corrected chi connectivity index (χ2v) is 8.40. The summed E-state index contributed by atoms with van der Waals surface area (Å²) in [6, 6.07) is 1.78. The van der Waals surface area contributed by atoms with Gasteiger partial charge >= 0.3 is 6.18 Å². The van der Waals surface area contributed by atoms with Crippen molar-refractivity contribution in [3.05, 3.63) is 34.9 Å². The molecular weight excluding hydrogens is 375 g/mol. The molecule has 0 bridgehead atoms. The molecule has 2 saturated carbocycles. The van der Waals surface area contributed by atoms with Gasteiger partial charge in [0.25, 0.3) is 0 Å². The van der Waals surface area contributed by atoms with Crippen LogP contribution in [0.15, 0.2) is 12.1 Å². The van der Waals surface area contributed by atoms with Gasteiger partial charge in [0, 0.05) is 6.61 Å². The van der Waals surface area contributed by atoms with Crippen molar-refractivity contribution in [2.45, 2.75) is 82.9 Å². The summed E-state index contributed by atoms with van der Waals surface area (Å²) in [4.78, 5) is 0. The van der Waals surface area contributed by atoms with E-state index in [9.17, 15) is 22.0 Å². The Balaban J connectivity index is 1.59. The zero-order valence-electron chi connectivity index (χ0n) is 16.3. The topological polar surface area (TPSA) is 9.23 Å². The molecular formula is C22H29F5O. The molecule has 2 aliphatic carbocycles. The number of unbranched alkanes of at least 4 members (excludes halogenated alkanes) is 2. The summed E-state index contributed by atoms with van der Waals surface area (Å²) in [5.41, 5.74) is -1.43. The fourth-order valence-corrected chi connectivity index (χ4v) is 5.00. The normalized spacial score (nSPS) is 28.2. The molecule has 4 unspecified atom stereocenters. The summed E-state index contributed by atoms with van der Waals surface area (Å²) >= 11 is 0. The summed E-state index contributed by atoms with van der Waals surface area (Å²) in [6.07, 6.45) is 4.26. The van der Waals surface area contributed by atoms with Crippen molar-refractivity contribution in [1.29, 1.82) is 0 Å². The van der Waals surface area contributed by atoms with Crippen LogP contribution in [0.1, 0.15) is 81.8 Å². The first-order chi connectivity index (χ1) is 13.3. The number of hydrogen-bond donors (Lipinski definition) is 0. The molecule has 0 N–H and O–H groups in total. The van der Waals surface area contributed by atoms with Gasteiger partial charge in [0.1, 0.15) is 17.2 Å². The Morgan fingerprint density at radius 3 is 2.21 bits per heavy atom. The molecule has 1 aromatic carbocycles. The van der Waals surface area contributed by atoms with Crippen LogP contribution in [-0.2, 0) is 10.9 Å². The van der Waals surface area contributed by atoms with Crippen molar-refractivity contribution in [1.82, 2.24) is 0 Å². The molecule has 0 spiro atoms. The van der Waals surface area contributed by atoms with Gasteiger partial charge in [0.15, 0.2) is 0 Å². The zero-order valence-corrected chi connectivity index (χ0v) is 16.3. The highest BCUT2D eigenvalue weighted by Crippen LogP contribution is 2.47. The molecule has 0 aliphatic heterocycles. The minimum Gasteiger partial charge on any atom is -0.378 e. The minimum absolute atomic E-state index is 0.0745. The molecule has 3 rings (SSSR count). The smallest absolute Gasteiger partial charge is 0.378 e. The van der Waals surface area contributed by atoms with Crippen LogP contribution in [0.4, 0.5) is 22.0 Å². The highest BCUT2D eigenvalue weighted by atomic mass is 19.4. The molecule has 0 heterocycles. The van der Waals surface area contributed by atoms with Crippen LogP contribution in [-0.4, -0.2) is 12.7 Å². The van der Waals surface area contributed by atoms with Crippen LogP contribution in [0, 0.1) is 23.5 Å². The molecule has 2 aliphatic rings. The van der Waals surface area contributed by atoms with Crippen molar-refractivity contribution < 1.29 is 26.7 Å². The summed E-state index contributed by atoms with van der Waals surface area (Å²) in [5.74, 6) is -2.08. The Morgan fingerprint density at radius 1 is 0.929 bits per heavy atom. The van der Waals surface area contributed by atoms with Crippen LogP contribution >= 0.6 is 0 Å². The molecule has 1 nitrogen and oxygen atoms in total. The van der Waals surface area contributed by atoms with E-state index in [0.717, 1.165) is 63.7 Å². The largest absolute Gasteiger partial charge is 0.422 e.